The van der Waals surface area contributed by atoms with Crippen LogP contribution >= 0.6 is 11.6 Å². The van der Waals surface area contributed by atoms with Crippen LogP contribution in [0.2, 0.25) is 5.02 Å². The summed E-state index contributed by atoms with van der Waals surface area (Å²) < 4.78 is 0. The molecule has 2 amide bonds. The van der Waals surface area contributed by atoms with Gasteiger partial charge in [0, 0.05) is 0 Å². The van der Waals surface area contributed by atoms with Gasteiger partial charge in [-0.1, -0.05) is 48.0 Å². The highest BCUT2D eigenvalue weighted by Crippen LogP contribution is 2.19. The number of halogens is 1. The highest BCUT2D eigenvalue weighted by molar-refractivity contribution is 6.33. The van der Waals surface area contributed by atoms with Gasteiger partial charge in [0.05, 0.1) is 23.7 Å². The molecule has 0 aliphatic rings. The lowest BCUT2D eigenvalue weighted by atomic mass is 10.1. The Bertz CT molecular complexity index is 626. The van der Waals surface area contributed by atoms with Gasteiger partial charge in [-0.05, 0) is 30.2 Å². The van der Waals surface area contributed by atoms with Crippen LogP contribution in [0.1, 0.15) is 11.1 Å². The zero-order chi connectivity index (χ0) is 15.9. The van der Waals surface area contributed by atoms with E-state index in [1.54, 1.807) is 24.3 Å². The number of nitrogens with one attached hydrogen (secondary N) is 2. The normalized spacial score (nSPS) is 10.1. The zero-order valence-electron chi connectivity index (χ0n) is 12.2. The van der Waals surface area contributed by atoms with Gasteiger partial charge in [0.25, 0.3) is 0 Å². The van der Waals surface area contributed by atoms with E-state index in [1.807, 2.05) is 31.2 Å². The van der Waals surface area contributed by atoms with E-state index in [9.17, 15) is 9.59 Å². The summed E-state index contributed by atoms with van der Waals surface area (Å²) in [5.74, 6) is -0.505. The van der Waals surface area contributed by atoms with Gasteiger partial charge in [-0.25, -0.2) is 0 Å². The van der Waals surface area contributed by atoms with Crippen LogP contribution in [0.3, 0.4) is 0 Å². The average molecular weight is 317 g/mol. The molecule has 114 valence electrons. The van der Waals surface area contributed by atoms with Crippen molar-refractivity contribution in [2.45, 2.75) is 13.3 Å². The maximum Gasteiger partial charge on any atom is 0.243 e. The lowest BCUT2D eigenvalue weighted by Gasteiger charge is -2.09. The van der Waals surface area contributed by atoms with E-state index in [0.29, 0.717) is 10.7 Å². The summed E-state index contributed by atoms with van der Waals surface area (Å²) in [5, 5.41) is 5.72. The molecule has 0 unspecified atom stereocenters. The minimum Gasteiger partial charge on any atom is -0.347 e. The molecular formula is C17H17ClN2O2. The summed E-state index contributed by atoms with van der Waals surface area (Å²) in [6.45, 7) is 1.86. The van der Waals surface area contributed by atoms with Crippen LogP contribution in [0.25, 0.3) is 0 Å². The molecule has 0 aliphatic carbocycles. The molecular weight excluding hydrogens is 300 g/mol. The van der Waals surface area contributed by atoms with Crippen molar-refractivity contribution in [3.63, 3.8) is 0 Å². The summed E-state index contributed by atoms with van der Waals surface area (Å²) in [5.41, 5.74) is 2.53. The smallest absolute Gasteiger partial charge is 0.243 e. The number of carbonyl (C=O) groups is 2. The molecule has 2 aromatic rings. The van der Waals surface area contributed by atoms with E-state index in [1.165, 1.54) is 0 Å². The molecule has 0 fully saturated rings. The maximum absolute atomic E-state index is 11.9. The van der Waals surface area contributed by atoms with Crippen molar-refractivity contribution in [3.8, 4) is 0 Å². The maximum atomic E-state index is 11.9. The molecule has 0 heterocycles. The molecule has 2 N–H and O–H groups in total. The molecule has 2 aromatic carbocycles. The third-order valence-corrected chi connectivity index (χ3v) is 3.54. The van der Waals surface area contributed by atoms with E-state index in [0.717, 1.165) is 11.1 Å². The minimum absolute atomic E-state index is 0.0874. The molecule has 0 spiro atoms. The first-order chi connectivity index (χ1) is 10.6. The Balaban J connectivity index is 1.82. The number of amides is 2. The number of anilines is 1. The zero-order valence-corrected chi connectivity index (χ0v) is 13.0. The second-order valence-electron chi connectivity index (χ2n) is 4.91. The van der Waals surface area contributed by atoms with Crippen LogP contribution < -0.4 is 10.6 Å². The third-order valence-electron chi connectivity index (χ3n) is 3.21. The van der Waals surface area contributed by atoms with Crippen molar-refractivity contribution in [2.24, 2.45) is 0 Å². The van der Waals surface area contributed by atoms with Gasteiger partial charge in [0.1, 0.15) is 0 Å². The van der Waals surface area contributed by atoms with Gasteiger partial charge in [0.2, 0.25) is 11.8 Å². The van der Waals surface area contributed by atoms with Gasteiger partial charge in [-0.15, -0.1) is 0 Å². The molecule has 0 atom stereocenters. The highest BCUT2D eigenvalue weighted by Gasteiger charge is 2.09. The number of para-hydroxylation sites is 1. The van der Waals surface area contributed by atoms with Gasteiger partial charge >= 0.3 is 0 Å². The predicted molar refractivity (Wildman–Crippen MR) is 88.0 cm³/mol. The van der Waals surface area contributed by atoms with Crippen molar-refractivity contribution in [1.29, 1.82) is 0 Å². The van der Waals surface area contributed by atoms with E-state index in [-0.39, 0.29) is 24.8 Å². The molecule has 0 aromatic heterocycles. The lowest BCUT2D eigenvalue weighted by Crippen LogP contribution is -2.33. The number of benzene rings is 2. The molecule has 0 aliphatic heterocycles. The summed E-state index contributed by atoms with van der Waals surface area (Å²) in [6, 6.07) is 14.6. The molecule has 5 heteroatoms. The number of carbonyl (C=O) groups excluding carboxylic acids is 2. The van der Waals surface area contributed by atoms with Gasteiger partial charge in [0.15, 0.2) is 0 Å². The van der Waals surface area contributed by atoms with E-state index < -0.39 is 0 Å². The Morgan fingerprint density at radius 3 is 2.41 bits per heavy atom. The van der Waals surface area contributed by atoms with E-state index in [4.69, 9.17) is 11.6 Å². The Morgan fingerprint density at radius 1 is 1.00 bits per heavy atom. The van der Waals surface area contributed by atoms with Crippen molar-refractivity contribution in [1.82, 2.24) is 5.32 Å². The Hall–Kier alpha value is -2.33. The summed E-state index contributed by atoms with van der Waals surface area (Å²) in [7, 11) is 0. The third kappa shape index (κ3) is 4.60. The quantitative estimate of drug-likeness (QED) is 0.891. The first-order valence-electron chi connectivity index (χ1n) is 6.92. The van der Waals surface area contributed by atoms with Gasteiger partial charge in [-0.3, -0.25) is 9.59 Å². The van der Waals surface area contributed by atoms with Gasteiger partial charge in [-0.2, -0.15) is 0 Å². The van der Waals surface area contributed by atoms with Crippen molar-refractivity contribution < 1.29 is 9.59 Å². The molecule has 0 bridgehead atoms. The molecule has 4 nitrogen and oxygen atoms in total. The van der Waals surface area contributed by atoms with Crippen molar-refractivity contribution in [3.05, 3.63) is 64.7 Å². The molecule has 0 saturated carbocycles. The Kier molecular flexibility index (Phi) is 5.55. The lowest BCUT2D eigenvalue weighted by molar-refractivity contribution is -0.123. The summed E-state index contributed by atoms with van der Waals surface area (Å²) >= 11 is 5.95. The SMILES string of the molecule is Cc1ccccc1CC(=O)NCC(=O)Nc1ccccc1Cl. The summed E-state index contributed by atoms with van der Waals surface area (Å²) in [4.78, 5) is 23.7. The number of rotatable bonds is 5. The molecule has 2 rings (SSSR count). The highest BCUT2D eigenvalue weighted by atomic mass is 35.5. The van der Waals surface area contributed by atoms with Crippen LogP contribution in [0.4, 0.5) is 5.69 Å². The Labute approximate surface area is 134 Å². The topological polar surface area (TPSA) is 58.2 Å². The first kappa shape index (κ1) is 16.0. The predicted octanol–water partition coefficient (Wildman–Crippen LogP) is 2.95. The Morgan fingerprint density at radius 2 is 1.68 bits per heavy atom. The van der Waals surface area contributed by atoms with E-state index in [2.05, 4.69) is 10.6 Å². The number of hydrogen-bond acceptors (Lipinski definition) is 2. The second kappa shape index (κ2) is 7.61. The standard InChI is InChI=1S/C17H17ClN2O2/c1-12-6-2-3-7-13(12)10-16(21)19-11-17(22)20-15-9-5-4-8-14(15)18/h2-9H,10-11H2,1H3,(H,19,21)(H,20,22). The molecule has 0 saturated heterocycles. The monoisotopic (exact) mass is 316 g/mol. The van der Waals surface area contributed by atoms with Crippen molar-refractivity contribution >= 4 is 29.1 Å². The minimum atomic E-state index is -0.314. The van der Waals surface area contributed by atoms with Crippen LogP contribution in [-0.4, -0.2) is 18.4 Å². The fraction of sp³-hybridized carbons (Fsp3) is 0.176. The van der Waals surface area contributed by atoms with Crippen LogP contribution in [0.5, 0.6) is 0 Å². The van der Waals surface area contributed by atoms with Crippen LogP contribution in [0.15, 0.2) is 48.5 Å². The fourth-order valence-corrected chi connectivity index (χ4v) is 2.16. The van der Waals surface area contributed by atoms with E-state index >= 15 is 0 Å². The fourth-order valence-electron chi connectivity index (χ4n) is 1.98. The summed E-state index contributed by atoms with van der Waals surface area (Å²) in [6.07, 6.45) is 0.256. The molecule has 22 heavy (non-hydrogen) atoms. The molecule has 0 radical (unpaired) electrons. The van der Waals surface area contributed by atoms with Crippen LogP contribution in [-0.2, 0) is 16.0 Å². The first-order valence-corrected chi connectivity index (χ1v) is 7.29. The van der Waals surface area contributed by atoms with Crippen molar-refractivity contribution in [2.75, 3.05) is 11.9 Å². The average Bonchev–Trinajstić information content (AvgIpc) is 2.50. The largest absolute Gasteiger partial charge is 0.347 e. The van der Waals surface area contributed by atoms with Gasteiger partial charge < -0.3 is 10.6 Å². The number of aryl methyl sites for hydroxylation is 1. The van der Waals surface area contributed by atoms with Crippen LogP contribution in [0, 0.1) is 6.92 Å². The second-order valence-corrected chi connectivity index (χ2v) is 5.32. The number of hydrogen-bond donors (Lipinski definition) is 2.